The second-order valence-electron chi connectivity index (χ2n) is 5.86. The topological polar surface area (TPSA) is 69.6 Å². The lowest BCUT2D eigenvalue weighted by Gasteiger charge is -2.16. The molecular weight excluding hydrogens is 392 g/mol. The van der Waals surface area contributed by atoms with E-state index in [1.165, 1.54) is 17.3 Å². The van der Waals surface area contributed by atoms with E-state index in [1.54, 1.807) is 18.2 Å². The molecule has 128 valence electrons. The minimum atomic E-state index is -3.68. The van der Waals surface area contributed by atoms with Crippen molar-refractivity contribution >= 4 is 31.6 Å². The van der Waals surface area contributed by atoms with Crippen molar-refractivity contribution in [1.82, 2.24) is 4.72 Å². The fraction of sp³-hybridized carbons (Fsp3) is 0.294. The van der Waals surface area contributed by atoms with Crippen LogP contribution in [0.25, 0.3) is 0 Å². The van der Waals surface area contributed by atoms with Crippen LogP contribution in [0.3, 0.4) is 0 Å². The van der Waals surface area contributed by atoms with E-state index in [1.807, 2.05) is 25.2 Å². The number of aliphatic hydroxyl groups is 1. The number of benzene rings is 2. The van der Waals surface area contributed by atoms with Crippen molar-refractivity contribution in [3.63, 3.8) is 0 Å². The first-order valence-electron chi connectivity index (χ1n) is 7.65. The molecule has 0 bridgehead atoms. The molecular formula is C17H19BrN2O3S. The molecule has 0 amide bonds. The van der Waals surface area contributed by atoms with Crippen molar-refractivity contribution in [3.8, 4) is 0 Å². The van der Waals surface area contributed by atoms with Crippen molar-refractivity contribution in [1.29, 1.82) is 0 Å². The minimum absolute atomic E-state index is 0.0711. The van der Waals surface area contributed by atoms with Gasteiger partial charge in [-0.15, -0.1) is 0 Å². The number of anilines is 1. The Hall–Kier alpha value is -1.41. The van der Waals surface area contributed by atoms with Gasteiger partial charge in [-0.05, 0) is 51.7 Å². The Morgan fingerprint density at radius 3 is 2.79 bits per heavy atom. The molecule has 0 fully saturated rings. The third-order valence-corrected chi connectivity index (χ3v) is 6.64. The molecule has 7 heteroatoms. The summed E-state index contributed by atoms with van der Waals surface area (Å²) in [6.07, 6.45) is 0.0493. The molecule has 24 heavy (non-hydrogen) atoms. The fourth-order valence-corrected chi connectivity index (χ4v) is 4.88. The van der Waals surface area contributed by atoms with Gasteiger partial charge >= 0.3 is 0 Å². The third kappa shape index (κ3) is 3.49. The maximum absolute atomic E-state index is 12.4. The van der Waals surface area contributed by atoms with Crippen LogP contribution in [0.5, 0.6) is 0 Å². The van der Waals surface area contributed by atoms with Crippen molar-refractivity contribution < 1.29 is 13.5 Å². The largest absolute Gasteiger partial charge is 0.387 e. The number of aliphatic hydroxyl groups excluding tert-OH is 1. The van der Waals surface area contributed by atoms with Crippen molar-refractivity contribution in [2.24, 2.45) is 0 Å². The van der Waals surface area contributed by atoms with Gasteiger partial charge in [-0.25, -0.2) is 13.1 Å². The first-order chi connectivity index (χ1) is 11.4. The van der Waals surface area contributed by atoms with Crippen LogP contribution < -0.4 is 9.62 Å². The highest BCUT2D eigenvalue weighted by atomic mass is 79.9. The Balaban J connectivity index is 1.72. The average Bonchev–Trinajstić information content (AvgIpc) is 2.93. The third-order valence-electron chi connectivity index (χ3n) is 4.21. The summed E-state index contributed by atoms with van der Waals surface area (Å²) in [4.78, 5) is 2.33. The normalized spacial score (nSPS) is 15.4. The van der Waals surface area contributed by atoms with E-state index in [-0.39, 0.29) is 11.4 Å². The first-order valence-corrected chi connectivity index (χ1v) is 9.92. The zero-order valence-corrected chi connectivity index (χ0v) is 15.6. The van der Waals surface area contributed by atoms with E-state index in [0.717, 1.165) is 18.5 Å². The molecule has 0 saturated carbocycles. The Bertz CT molecular complexity index is 855. The minimum Gasteiger partial charge on any atom is -0.387 e. The lowest BCUT2D eigenvalue weighted by atomic mass is 10.0. The van der Waals surface area contributed by atoms with Crippen LogP contribution >= 0.6 is 15.9 Å². The molecule has 0 aromatic heterocycles. The lowest BCUT2D eigenvalue weighted by Crippen LogP contribution is -2.28. The second-order valence-corrected chi connectivity index (χ2v) is 8.45. The molecule has 0 radical (unpaired) electrons. The number of halogens is 1. The second kappa shape index (κ2) is 6.84. The molecule has 1 aliphatic rings. The molecule has 3 rings (SSSR count). The summed E-state index contributed by atoms with van der Waals surface area (Å²) in [7, 11) is -1.64. The zero-order valence-electron chi connectivity index (χ0n) is 13.2. The number of nitrogens with one attached hydrogen (secondary N) is 1. The highest BCUT2D eigenvalue weighted by Crippen LogP contribution is 2.29. The van der Waals surface area contributed by atoms with Crippen LogP contribution in [-0.4, -0.2) is 33.7 Å². The highest BCUT2D eigenvalue weighted by Gasteiger charge is 2.21. The SMILES string of the molecule is CN1CCc2cc([C@H](O)CNS(=O)(=O)c3ccccc3Br)ccc21. The predicted octanol–water partition coefficient (Wildman–Crippen LogP) is 2.45. The quantitative estimate of drug-likeness (QED) is 0.793. The molecule has 0 aliphatic carbocycles. The number of likely N-dealkylation sites (N-methyl/N-ethyl adjacent to an activating group) is 1. The van der Waals surface area contributed by atoms with Gasteiger partial charge in [0.05, 0.1) is 11.0 Å². The molecule has 2 aromatic rings. The number of nitrogens with zero attached hydrogens (tertiary/aromatic N) is 1. The number of hydrogen-bond acceptors (Lipinski definition) is 4. The zero-order chi connectivity index (χ0) is 17.3. The van der Waals surface area contributed by atoms with Gasteiger partial charge in [0, 0.05) is 30.3 Å². The van der Waals surface area contributed by atoms with Crippen LogP contribution in [0.2, 0.25) is 0 Å². The summed E-state index contributed by atoms with van der Waals surface area (Å²) >= 11 is 3.24. The summed E-state index contributed by atoms with van der Waals surface area (Å²) in [5.74, 6) is 0. The predicted molar refractivity (Wildman–Crippen MR) is 97.7 cm³/mol. The van der Waals surface area contributed by atoms with E-state index in [2.05, 4.69) is 25.6 Å². The molecule has 1 atom stereocenters. The van der Waals surface area contributed by atoms with Gasteiger partial charge in [0.25, 0.3) is 0 Å². The summed E-state index contributed by atoms with van der Waals surface area (Å²) < 4.78 is 27.7. The molecule has 0 spiro atoms. The van der Waals surface area contributed by atoms with Crippen molar-refractivity contribution in [2.45, 2.75) is 17.4 Å². The molecule has 1 aliphatic heterocycles. The standard InChI is InChI=1S/C17H19BrN2O3S/c1-20-9-8-12-10-13(6-7-15(12)20)16(21)11-19-24(22,23)17-5-3-2-4-14(17)18/h2-7,10,16,19,21H,8-9,11H2,1H3/t16-/m1/s1. The molecule has 2 N–H and O–H groups in total. The van der Waals surface area contributed by atoms with Gasteiger partial charge in [-0.1, -0.05) is 24.3 Å². The Morgan fingerprint density at radius 2 is 2.04 bits per heavy atom. The van der Waals surface area contributed by atoms with Crippen LogP contribution in [0.1, 0.15) is 17.2 Å². The summed E-state index contributed by atoms with van der Waals surface area (Å²) in [6, 6.07) is 12.4. The smallest absolute Gasteiger partial charge is 0.241 e. The Labute approximate surface area is 150 Å². The van der Waals surface area contributed by atoms with Gasteiger partial charge in [-0.3, -0.25) is 0 Å². The monoisotopic (exact) mass is 410 g/mol. The van der Waals surface area contributed by atoms with Crippen molar-refractivity contribution in [3.05, 3.63) is 58.1 Å². The van der Waals surface area contributed by atoms with E-state index in [4.69, 9.17) is 0 Å². The van der Waals surface area contributed by atoms with Gasteiger partial charge in [0.15, 0.2) is 0 Å². The molecule has 2 aromatic carbocycles. The van der Waals surface area contributed by atoms with Gasteiger partial charge in [0.1, 0.15) is 0 Å². The van der Waals surface area contributed by atoms with Crippen LogP contribution in [0.15, 0.2) is 51.8 Å². The maximum atomic E-state index is 12.4. The molecule has 0 unspecified atom stereocenters. The van der Waals surface area contributed by atoms with Crippen LogP contribution in [-0.2, 0) is 16.4 Å². The number of rotatable bonds is 5. The van der Waals surface area contributed by atoms with E-state index in [9.17, 15) is 13.5 Å². The van der Waals surface area contributed by atoms with E-state index >= 15 is 0 Å². The van der Waals surface area contributed by atoms with E-state index < -0.39 is 16.1 Å². The Kier molecular flexibility index (Phi) is 4.96. The Morgan fingerprint density at radius 1 is 1.29 bits per heavy atom. The van der Waals surface area contributed by atoms with Gasteiger partial charge in [-0.2, -0.15) is 0 Å². The highest BCUT2D eigenvalue weighted by molar-refractivity contribution is 9.10. The molecule has 0 saturated heterocycles. The molecule has 1 heterocycles. The number of sulfonamides is 1. The number of fused-ring (bicyclic) bond motifs is 1. The average molecular weight is 411 g/mol. The number of hydrogen-bond donors (Lipinski definition) is 2. The van der Waals surface area contributed by atoms with Crippen molar-refractivity contribution in [2.75, 3.05) is 25.0 Å². The maximum Gasteiger partial charge on any atom is 0.241 e. The van der Waals surface area contributed by atoms with Gasteiger partial charge < -0.3 is 10.0 Å². The van der Waals surface area contributed by atoms with Crippen LogP contribution in [0, 0.1) is 0 Å². The van der Waals surface area contributed by atoms with Crippen LogP contribution in [0.4, 0.5) is 5.69 Å². The summed E-state index contributed by atoms with van der Waals surface area (Å²) in [5, 5.41) is 10.3. The summed E-state index contributed by atoms with van der Waals surface area (Å²) in [6.45, 7) is 0.891. The fourth-order valence-electron chi connectivity index (χ4n) is 2.84. The van der Waals surface area contributed by atoms with E-state index in [0.29, 0.717) is 4.47 Å². The summed E-state index contributed by atoms with van der Waals surface area (Å²) in [5.41, 5.74) is 3.07. The first kappa shape index (κ1) is 17.4. The molecule has 5 nitrogen and oxygen atoms in total. The van der Waals surface area contributed by atoms with Gasteiger partial charge in [0.2, 0.25) is 10.0 Å². The lowest BCUT2D eigenvalue weighted by molar-refractivity contribution is 0.182.